The second-order valence-electron chi connectivity index (χ2n) is 7.96. The molecule has 1 saturated heterocycles. The Bertz CT molecular complexity index is 1010. The molecule has 7 heteroatoms. The molecule has 1 aliphatic carbocycles. The van der Waals surface area contributed by atoms with Gasteiger partial charge in [-0.05, 0) is 35.8 Å². The number of rotatable bonds is 1. The molecule has 2 aliphatic rings. The lowest BCUT2D eigenvalue weighted by Crippen LogP contribution is -2.38. The van der Waals surface area contributed by atoms with E-state index in [1.807, 2.05) is 0 Å². The molecule has 136 valence electrons. The molecule has 3 aromatic heterocycles. The van der Waals surface area contributed by atoms with Gasteiger partial charge in [0.05, 0.1) is 23.4 Å². The molecule has 1 aliphatic heterocycles. The van der Waals surface area contributed by atoms with E-state index in [4.69, 9.17) is 21.3 Å². The van der Waals surface area contributed by atoms with Crippen LogP contribution in [0.15, 0.2) is 6.33 Å². The first-order valence-electron chi connectivity index (χ1n) is 9.11. The van der Waals surface area contributed by atoms with Crippen molar-refractivity contribution in [1.82, 2.24) is 15.0 Å². The minimum atomic E-state index is 0.286. The van der Waals surface area contributed by atoms with Crippen LogP contribution >= 0.6 is 22.9 Å². The molecule has 0 atom stereocenters. The predicted molar refractivity (Wildman–Crippen MR) is 107 cm³/mol. The third-order valence-electron chi connectivity index (χ3n) is 5.57. The zero-order valence-corrected chi connectivity index (χ0v) is 16.6. The van der Waals surface area contributed by atoms with E-state index in [1.165, 1.54) is 22.9 Å². The van der Waals surface area contributed by atoms with E-state index in [0.717, 1.165) is 60.0 Å². The number of pyridine rings is 1. The second-order valence-corrected chi connectivity index (χ2v) is 9.31. The zero-order valence-electron chi connectivity index (χ0n) is 15.0. The van der Waals surface area contributed by atoms with Gasteiger partial charge in [-0.1, -0.05) is 25.4 Å². The van der Waals surface area contributed by atoms with E-state index < -0.39 is 0 Å². The SMILES string of the molecule is CC1(C)CCc2c(N3CCOCC3)nc3sc4c(Cl)ncnc4c3c2C1. The molecule has 0 aromatic carbocycles. The molecule has 0 amide bonds. The summed E-state index contributed by atoms with van der Waals surface area (Å²) in [5, 5.41) is 1.71. The summed E-state index contributed by atoms with van der Waals surface area (Å²) >= 11 is 7.97. The number of fused-ring (bicyclic) bond motifs is 5. The van der Waals surface area contributed by atoms with Crippen molar-refractivity contribution < 1.29 is 4.74 Å². The Morgan fingerprint density at radius 3 is 2.81 bits per heavy atom. The average molecular weight is 389 g/mol. The molecule has 0 bridgehead atoms. The number of morpholine rings is 1. The summed E-state index contributed by atoms with van der Waals surface area (Å²) in [7, 11) is 0. The number of hydrogen-bond acceptors (Lipinski definition) is 6. The van der Waals surface area contributed by atoms with Crippen LogP contribution in [0.25, 0.3) is 20.4 Å². The van der Waals surface area contributed by atoms with Crippen LogP contribution in [0.2, 0.25) is 5.15 Å². The first-order chi connectivity index (χ1) is 12.5. The molecular formula is C19H21ClN4OS. The number of ether oxygens (including phenoxy) is 1. The number of hydrogen-bond donors (Lipinski definition) is 0. The van der Waals surface area contributed by atoms with Gasteiger partial charge in [-0.2, -0.15) is 0 Å². The topological polar surface area (TPSA) is 51.1 Å². The lowest BCUT2D eigenvalue weighted by Gasteiger charge is -2.36. The molecule has 3 aromatic rings. The van der Waals surface area contributed by atoms with Gasteiger partial charge in [0.1, 0.15) is 22.1 Å². The maximum atomic E-state index is 6.36. The summed E-state index contributed by atoms with van der Waals surface area (Å²) in [6.07, 6.45) is 4.86. The highest BCUT2D eigenvalue weighted by Gasteiger charge is 2.32. The Morgan fingerprint density at radius 1 is 1.19 bits per heavy atom. The van der Waals surface area contributed by atoms with Crippen LogP contribution in [0.5, 0.6) is 0 Å². The van der Waals surface area contributed by atoms with Gasteiger partial charge in [0.2, 0.25) is 0 Å². The lowest BCUT2D eigenvalue weighted by atomic mass is 9.73. The van der Waals surface area contributed by atoms with E-state index in [0.29, 0.717) is 5.15 Å². The Morgan fingerprint density at radius 2 is 2.00 bits per heavy atom. The third kappa shape index (κ3) is 2.58. The summed E-state index contributed by atoms with van der Waals surface area (Å²) in [5.74, 6) is 1.14. The summed E-state index contributed by atoms with van der Waals surface area (Å²) in [5.41, 5.74) is 4.05. The molecule has 4 heterocycles. The molecule has 0 N–H and O–H groups in total. The van der Waals surface area contributed by atoms with Crippen LogP contribution in [0.1, 0.15) is 31.4 Å². The monoisotopic (exact) mass is 388 g/mol. The maximum Gasteiger partial charge on any atom is 0.150 e. The van der Waals surface area contributed by atoms with Crippen molar-refractivity contribution >= 4 is 49.2 Å². The zero-order chi connectivity index (χ0) is 17.9. The van der Waals surface area contributed by atoms with Gasteiger partial charge in [-0.15, -0.1) is 11.3 Å². The lowest BCUT2D eigenvalue weighted by molar-refractivity contribution is 0.122. The van der Waals surface area contributed by atoms with Crippen molar-refractivity contribution in [3.8, 4) is 0 Å². The number of anilines is 1. The van der Waals surface area contributed by atoms with Gasteiger partial charge in [0.25, 0.3) is 0 Å². The molecule has 0 spiro atoms. The van der Waals surface area contributed by atoms with Crippen LogP contribution in [0.4, 0.5) is 5.82 Å². The quantitative estimate of drug-likeness (QED) is 0.583. The molecule has 26 heavy (non-hydrogen) atoms. The minimum absolute atomic E-state index is 0.286. The fraction of sp³-hybridized carbons (Fsp3) is 0.526. The van der Waals surface area contributed by atoms with E-state index in [1.54, 1.807) is 17.7 Å². The average Bonchev–Trinajstić information content (AvgIpc) is 3.01. The van der Waals surface area contributed by atoms with Gasteiger partial charge in [-0.3, -0.25) is 0 Å². The highest BCUT2D eigenvalue weighted by Crippen LogP contribution is 2.46. The van der Waals surface area contributed by atoms with Crippen LogP contribution in [-0.4, -0.2) is 41.3 Å². The minimum Gasteiger partial charge on any atom is -0.378 e. The van der Waals surface area contributed by atoms with Gasteiger partial charge >= 0.3 is 0 Å². The number of halogens is 1. The number of thiophene rings is 1. The normalized spacial score (nSPS) is 19.9. The third-order valence-corrected chi connectivity index (χ3v) is 7.05. The fourth-order valence-corrected chi connectivity index (χ4v) is 5.48. The second kappa shape index (κ2) is 6.01. The summed E-state index contributed by atoms with van der Waals surface area (Å²) in [4.78, 5) is 17.3. The van der Waals surface area contributed by atoms with Crippen molar-refractivity contribution in [1.29, 1.82) is 0 Å². The fourth-order valence-electron chi connectivity index (χ4n) is 4.19. The van der Waals surface area contributed by atoms with E-state index in [-0.39, 0.29) is 5.41 Å². The van der Waals surface area contributed by atoms with E-state index >= 15 is 0 Å². The predicted octanol–water partition coefficient (Wildman–Crippen LogP) is 4.24. The smallest absolute Gasteiger partial charge is 0.150 e. The Labute approximate surface area is 161 Å². The molecule has 5 nitrogen and oxygen atoms in total. The highest BCUT2D eigenvalue weighted by molar-refractivity contribution is 7.26. The Kier molecular flexibility index (Phi) is 3.85. The Hall–Kier alpha value is -1.50. The van der Waals surface area contributed by atoms with Gasteiger partial charge in [0.15, 0.2) is 0 Å². The largest absolute Gasteiger partial charge is 0.378 e. The van der Waals surface area contributed by atoms with Crippen molar-refractivity contribution in [3.05, 3.63) is 22.6 Å². The van der Waals surface area contributed by atoms with Crippen LogP contribution < -0.4 is 4.90 Å². The number of aromatic nitrogens is 3. The molecule has 0 radical (unpaired) electrons. The van der Waals surface area contributed by atoms with Gasteiger partial charge in [-0.25, -0.2) is 15.0 Å². The molecular weight excluding hydrogens is 368 g/mol. The van der Waals surface area contributed by atoms with Gasteiger partial charge in [0, 0.05) is 18.5 Å². The van der Waals surface area contributed by atoms with Crippen LogP contribution in [-0.2, 0) is 17.6 Å². The van der Waals surface area contributed by atoms with E-state index in [2.05, 4.69) is 28.7 Å². The van der Waals surface area contributed by atoms with Crippen molar-refractivity contribution in [2.75, 3.05) is 31.2 Å². The van der Waals surface area contributed by atoms with Crippen LogP contribution in [0, 0.1) is 5.41 Å². The first kappa shape index (κ1) is 16.7. The highest BCUT2D eigenvalue weighted by atomic mass is 35.5. The van der Waals surface area contributed by atoms with E-state index in [9.17, 15) is 0 Å². The summed E-state index contributed by atoms with van der Waals surface area (Å²) in [6, 6.07) is 0. The Balaban J connectivity index is 1.82. The number of nitrogens with zero attached hydrogens (tertiary/aromatic N) is 4. The summed E-state index contributed by atoms with van der Waals surface area (Å²) in [6.45, 7) is 8.05. The molecule has 1 fully saturated rings. The molecule has 0 unspecified atom stereocenters. The standard InChI is InChI=1S/C19H21ClN4OS/c1-19(2)4-3-11-12(9-19)13-14-15(16(20)22-10-21-14)26-18(13)23-17(11)24-5-7-25-8-6-24/h10H,3-9H2,1-2H3. The molecule has 5 rings (SSSR count). The van der Waals surface area contributed by atoms with Crippen molar-refractivity contribution in [3.63, 3.8) is 0 Å². The summed E-state index contributed by atoms with van der Waals surface area (Å²) < 4.78 is 6.49. The van der Waals surface area contributed by atoms with Crippen molar-refractivity contribution in [2.24, 2.45) is 5.41 Å². The van der Waals surface area contributed by atoms with Gasteiger partial charge < -0.3 is 9.64 Å². The molecule has 0 saturated carbocycles. The van der Waals surface area contributed by atoms with Crippen molar-refractivity contribution in [2.45, 2.75) is 33.1 Å². The van der Waals surface area contributed by atoms with Crippen LogP contribution in [0.3, 0.4) is 0 Å². The maximum absolute atomic E-state index is 6.36. The first-order valence-corrected chi connectivity index (χ1v) is 10.3.